The van der Waals surface area contributed by atoms with Crippen molar-refractivity contribution in [2.45, 2.75) is 13.3 Å². The Labute approximate surface area is 137 Å². The number of aromatic nitrogens is 4. The normalized spacial score (nSPS) is 11.2. The smallest absolute Gasteiger partial charge is 0.307 e. The van der Waals surface area contributed by atoms with Crippen molar-refractivity contribution in [1.82, 2.24) is 20.0 Å². The van der Waals surface area contributed by atoms with Crippen molar-refractivity contribution in [2.24, 2.45) is 0 Å². The molecule has 0 atom stereocenters. The molecule has 0 fully saturated rings. The Morgan fingerprint density at radius 2 is 1.79 bits per heavy atom. The van der Waals surface area contributed by atoms with E-state index >= 15 is 0 Å². The van der Waals surface area contributed by atoms with E-state index in [1.807, 2.05) is 55.5 Å². The summed E-state index contributed by atoms with van der Waals surface area (Å²) in [6.07, 6.45) is -0.118. The summed E-state index contributed by atoms with van der Waals surface area (Å²) in [5.41, 5.74) is 4.47. The molecule has 0 spiro atoms. The number of rotatable bonds is 3. The second-order valence-corrected chi connectivity index (χ2v) is 5.60. The van der Waals surface area contributed by atoms with Crippen LogP contribution in [0.25, 0.3) is 27.6 Å². The Morgan fingerprint density at radius 3 is 2.58 bits per heavy atom. The number of aliphatic carboxylic acids is 1. The standard InChI is InChI=1S/C18H14N4O2/c1-11-13(10-17(23)24)18(12-6-2-3-7-14(12)19-11)22-16-9-5-4-8-15(16)20-21-22/h2-9H,10H2,1H3,(H,23,24). The van der Waals surface area contributed by atoms with Gasteiger partial charge in [0.2, 0.25) is 0 Å². The van der Waals surface area contributed by atoms with E-state index in [0.717, 1.165) is 27.6 Å². The summed E-state index contributed by atoms with van der Waals surface area (Å²) in [5.74, 6) is -0.902. The molecule has 0 aliphatic rings. The lowest BCUT2D eigenvalue weighted by atomic mass is 10.0. The van der Waals surface area contributed by atoms with Gasteiger partial charge in [0.05, 0.1) is 23.1 Å². The van der Waals surface area contributed by atoms with Crippen LogP contribution in [0.15, 0.2) is 48.5 Å². The first-order valence-electron chi connectivity index (χ1n) is 7.56. The maximum atomic E-state index is 11.4. The highest BCUT2D eigenvalue weighted by Crippen LogP contribution is 2.29. The highest BCUT2D eigenvalue weighted by molar-refractivity contribution is 5.92. The van der Waals surface area contributed by atoms with Gasteiger partial charge in [-0.1, -0.05) is 35.5 Å². The zero-order valence-corrected chi connectivity index (χ0v) is 13.0. The Kier molecular flexibility index (Phi) is 3.23. The van der Waals surface area contributed by atoms with Gasteiger partial charge < -0.3 is 5.11 Å². The predicted octanol–water partition coefficient (Wildman–Crippen LogP) is 2.90. The molecule has 4 rings (SSSR count). The third-order valence-electron chi connectivity index (χ3n) is 4.06. The summed E-state index contributed by atoms with van der Waals surface area (Å²) in [5, 5.41) is 18.6. The molecule has 0 saturated heterocycles. The van der Waals surface area contributed by atoms with Gasteiger partial charge in [-0.25, -0.2) is 4.68 Å². The Balaban J connectivity index is 2.14. The molecule has 0 bridgehead atoms. The lowest BCUT2D eigenvalue weighted by Gasteiger charge is -2.14. The number of fused-ring (bicyclic) bond motifs is 2. The van der Waals surface area contributed by atoms with Gasteiger partial charge in [-0.05, 0) is 25.1 Å². The number of carboxylic acids is 1. The monoisotopic (exact) mass is 318 g/mol. The van der Waals surface area contributed by atoms with Crippen molar-refractivity contribution in [3.63, 3.8) is 0 Å². The fourth-order valence-corrected chi connectivity index (χ4v) is 2.99. The van der Waals surface area contributed by atoms with E-state index in [4.69, 9.17) is 0 Å². The average Bonchev–Trinajstić information content (AvgIpc) is 2.99. The van der Waals surface area contributed by atoms with E-state index in [1.165, 1.54) is 0 Å². The summed E-state index contributed by atoms with van der Waals surface area (Å²) >= 11 is 0. The summed E-state index contributed by atoms with van der Waals surface area (Å²) in [7, 11) is 0. The van der Waals surface area contributed by atoms with Gasteiger partial charge in [0, 0.05) is 16.6 Å². The summed E-state index contributed by atoms with van der Waals surface area (Å²) in [6, 6.07) is 15.3. The van der Waals surface area contributed by atoms with Gasteiger partial charge in [0.15, 0.2) is 0 Å². The first-order valence-corrected chi connectivity index (χ1v) is 7.56. The number of benzene rings is 2. The van der Waals surface area contributed by atoms with Crippen LogP contribution in [0.2, 0.25) is 0 Å². The molecule has 118 valence electrons. The van der Waals surface area contributed by atoms with Crippen LogP contribution in [0.3, 0.4) is 0 Å². The number of aryl methyl sites for hydroxylation is 1. The summed E-state index contributed by atoms with van der Waals surface area (Å²) < 4.78 is 1.71. The Hall–Kier alpha value is -3.28. The lowest BCUT2D eigenvalue weighted by molar-refractivity contribution is -0.136. The van der Waals surface area contributed by atoms with E-state index < -0.39 is 5.97 Å². The number of carboxylic acid groups (broad SMARTS) is 1. The van der Waals surface area contributed by atoms with E-state index in [0.29, 0.717) is 11.3 Å². The minimum atomic E-state index is -0.902. The van der Waals surface area contributed by atoms with Crippen LogP contribution in [0.4, 0.5) is 0 Å². The van der Waals surface area contributed by atoms with E-state index in [9.17, 15) is 9.90 Å². The zero-order valence-electron chi connectivity index (χ0n) is 13.0. The van der Waals surface area contributed by atoms with Crippen molar-refractivity contribution in [3.05, 3.63) is 59.8 Å². The average molecular weight is 318 g/mol. The van der Waals surface area contributed by atoms with Crippen molar-refractivity contribution in [2.75, 3.05) is 0 Å². The van der Waals surface area contributed by atoms with Crippen LogP contribution in [-0.2, 0) is 11.2 Å². The van der Waals surface area contributed by atoms with Crippen molar-refractivity contribution < 1.29 is 9.90 Å². The molecule has 0 aliphatic carbocycles. The van der Waals surface area contributed by atoms with Crippen molar-refractivity contribution >= 4 is 27.9 Å². The van der Waals surface area contributed by atoms with Gasteiger partial charge in [0.1, 0.15) is 5.52 Å². The molecule has 0 saturated carbocycles. The molecule has 4 aromatic rings. The van der Waals surface area contributed by atoms with Gasteiger partial charge in [-0.15, -0.1) is 5.10 Å². The quantitative estimate of drug-likeness (QED) is 0.628. The summed E-state index contributed by atoms with van der Waals surface area (Å²) in [6.45, 7) is 1.83. The number of para-hydroxylation sites is 2. The van der Waals surface area contributed by atoms with Crippen molar-refractivity contribution in [3.8, 4) is 5.69 Å². The minimum Gasteiger partial charge on any atom is -0.481 e. The van der Waals surface area contributed by atoms with Gasteiger partial charge in [-0.3, -0.25) is 9.78 Å². The lowest BCUT2D eigenvalue weighted by Crippen LogP contribution is -2.11. The zero-order chi connectivity index (χ0) is 16.7. The van der Waals surface area contributed by atoms with Crippen LogP contribution in [0.5, 0.6) is 0 Å². The molecule has 6 nitrogen and oxygen atoms in total. The predicted molar refractivity (Wildman–Crippen MR) is 90.2 cm³/mol. The molecule has 0 amide bonds. The highest BCUT2D eigenvalue weighted by Gasteiger charge is 2.19. The molecular weight excluding hydrogens is 304 g/mol. The van der Waals surface area contributed by atoms with Crippen LogP contribution in [0, 0.1) is 6.92 Å². The van der Waals surface area contributed by atoms with Crippen LogP contribution in [-0.4, -0.2) is 31.1 Å². The SMILES string of the molecule is Cc1nc2ccccc2c(-n2nnc3ccccc32)c1CC(=O)O. The molecule has 24 heavy (non-hydrogen) atoms. The topological polar surface area (TPSA) is 80.9 Å². The molecule has 0 aliphatic heterocycles. The first kappa shape index (κ1) is 14.3. The fourth-order valence-electron chi connectivity index (χ4n) is 2.99. The molecular formula is C18H14N4O2. The maximum absolute atomic E-state index is 11.4. The third-order valence-corrected chi connectivity index (χ3v) is 4.06. The van der Waals surface area contributed by atoms with E-state index in [1.54, 1.807) is 4.68 Å². The highest BCUT2D eigenvalue weighted by atomic mass is 16.4. The molecule has 1 N–H and O–H groups in total. The number of hydrogen-bond acceptors (Lipinski definition) is 4. The van der Waals surface area contributed by atoms with Gasteiger partial charge >= 0.3 is 5.97 Å². The maximum Gasteiger partial charge on any atom is 0.307 e. The molecule has 0 unspecified atom stereocenters. The number of hydrogen-bond donors (Lipinski definition) is 1. The molecule has 6 heteroatoms. The largest absolute Gasteiger partial charge is 0.481 e. The number of carbonyl (C=O) groups is 1. The van der Waals surface area contributed by atoms with Gasteiger partial charge in [-0.2, -0.15) is 0 Å². The minimum absolute atomic E-state index is 0.118. The molecule has 2 heterocycles. The summed E-state index contributed by atoms with van der Waals surface area (Å²) in [4.78, 5) is 15.9. The fraction of sp³-hybridized carbons (Fsp3) is 0.111. The molecule has 0 radical (unpaired) electrons. The molecule has 2 aromatic heterocycles. The van der Waals surface area contributed by atoms with Crippen LogP contribution >= 0.6 is 0 Å². The van der Waals surface area contributed by atoms with Crippen molar-refractivity contribution in [1.29, 1.82) is 0 Å². The van der Waals surface area contributed by atoms with E-state index in [-0.39, 0.29) is 6.42 Å². The van der Waals surface area contributed by atoms with Gasteiger partial charge in [0.25, 0.3) is 0 Å². The Bertz CT molecular complexity index is 1080. The third kappa shape index (κ3) is 2.20. The second-order valence-electron chi connectivity index (χ2n) is 5.60. The number of pyridine rings is 1. The first-order chi connectivity index (χ1) is 11.6. The number of nitrogens with zero attached hydrogens (tertiary/aromatic N) is 4. The van der Waals surface area contributed by atoms with E-state index in [2.05, 4.69) is 15.3 Å². The molecule has 2 aromatic carbocycles. The second kappa shape index (κ2) is 5.42. The van der Waals surface area contributed by atoms with Crippen LogP contribution < -0.4 is 0 Å². The van der Waals surface area contributed by atoms with Crippen LogP contribution in [0.1, 0.15) is 11.3 Å². The Morgan fingerprint density at radius 1 is 1.08 bits per heavy atom.